The Hall–Kier alpha value is -2.87. The fourth-order valence-electron chi connectivity index (χ4n) is 8.64. The van der Waals surface area contributed by atoms with Gasteiger partial charge in [-0.05, 0) is 125 Å². The van der Waals surface area contributed by atoms with Crippen molar-refractivity contribution in [3.8, 4) is 10.4 Å². The minimum atomic E-state index is 0.765. The van der Waals surface area contributed by atoms with Crippen molar-refractivity contribution in [3.63, 3.8) is 0 Å². The molecule has 318 valence electrons. The van der Waals surface area contributed by atoms with E-state index < -0.39 is 0 Å². The van der Waals surface area contributed by atoms with Crippen molar-refractivity contribution in [2.45, 2.75) is 130 Å². The zero-order valence-electron chi connectivity index (χ0n) is 41.5. The summed E-state index contributed by atoms with van der Waals surface area (Å²) in [5, 5.41) is 9.09. The molecule has 0 unspecified atom stereocenters. The Morgan fingerprint density at radius 3 is 0.435 bits per heavy atom. The molecule has 62 heavy (non-hydrogen) atoms. The van der Waals surface area contributed by atoms with E-state index in [-0.39, 0.29) is 0 Å². The summed E-state index contributed by atoms with van der Waals surface area (Å²) in [5.41, 5.74) is 25.3. The van der Waals surface area contributed by atoms with Crippen LogP contribution in [0.3, 0.4) is 0 Å². The Morgan fingerprint density at radius 2 is 0.355 bits per heavy atom. The summed E-state index contributed by atoms with van der Waals surface area (Å²) in [6.45, 7) is 39.9. The van der Waals surface area contributed by atoms with Gasteiger partial charge in [0, 0.05) is 0 Å². The number of hydrogen-bond donors (Lipinski definition) is 0. The van der Waals surface area contributed by atoms with Crippen molar-refractivity contribution in [2.24, 2.45) is 0 Å². The average molecular weight is 1080 g/mol. The molecular formula is C57H70Si3Sn2. The second kappa shape index (κ2) is 26.2. The van der Waals surface area contributed by atoms with Crippen LogP contribution in [0.1, 0.15) is 100 Å². The Kier molecular flexibility index (Phi) is 23.3. The second-order valence-electron chi connectivity index (χ2n) is 17.2. The third-order valence-corrected chi connectivity index (χ3v) is 17.0. The van der Waals surface area contributed by atoms with Gasteiger partial charge in [0.2, 0.25) is 0 Å². The Balaban J connectivity index is 0.000000304. The van der Waals surface area contributed by atoms with E-state index in [1.54, 1.807) is 22.5 Å². The summed E-state index contributed by atoms with van der Waals surface area (Å²) < 4.78 is 2.34. The maximum absolute atomic E-state index is 4.64. The standard InChI is InChI=1S/3C18H22Si.C2H.CH3.2Sn/c3*1-11-7-13(3)17(14(4)8-11)19-18-15(5)9-12(2)10-16(18)6;1-2;;;/h3*7-10H,1-6H3;1H;1H3;;. The van der Waals surface area contributed by atoms with E-state index in [1.165, 1.54) is 131 Å². The first-order chi connectivity index (χ1) is 29.1. The van der Waals surface area contributed by atoms with Gasteiger partial charge in [-0.15, -0.1) is 0 Å². The molecule has 0 N–H and O–H groups in total. The molecule has 0 aromatic heterocycles. The zero-order valence-corrected chi connectivity index (χ0v) is 50.2. The van der Waals surface area contributed by atoms with Gasteiger partial charge >= 0.3 is 60.3 Å². The molecule has 0 atom stereocenters. The van der Waals surface area contributed by atoms with Crippen LogP contribution < -0.4 is 31.1 Å². The van der Waals surface area contributed by atoms with Crippen molar-refractivity contribution in [2.75, 3.05) is 0 Å². The molecule has 12 radical (unpaired) electrons. The summed E-state index contributed by atoms with van der Waals surface area (Å²) in [6, 6.07) is 27.6. The molecule has 0 spiro atoms. The first-order valence-electron chi connectivity index (χ1n) is 21.5. The van der Waals surface area contributed by atoms with Crippen molar-refractivity contribution in [1.82, 2.24) is 0 Å². The number of aryl methyl sites for hydroxylation is 18. The Labute approximate surface area is 414 Å². The molecule has 0 saturated carbocycles. The molecule has 0 aliphatic heterocycles. The van der Waals surface area contributed by atoms with Gasteiger partial charge in [0.05, 0.1) is 0 Å². The molecule has 6 rings (SSSR count). The molecule has 0 saturated heterocycles. The molecule has 0 bridgehead atoms. The molecule has 0 amide bonds. The summed E-state index contributed by atoms with van der Waals surface area (Å²) in [6.07, 6.45) is 4.64. The fourth-order valence-corrected chi connectivity index (χ4v) is 12.6. The number of hydrogen-bond acceptors (Lipinski definition) is 0. The molecule has 0 heterocycles. The molecule has 0 aliphatic carbocycles. The van der Waals surface area contributed by atoms with E-state index in [1.807, 2.05) is 0 Å². The van der Waals surface area contributed by atoms with Crippen molar-refractivity contribution in [1.29, 1.82) is 0 Å². The van der Waals surface area contributed by atoms with Crippen LogP contribution in [0.4, 0.5) is 0 Å². The predicted octanol–water partition coefficient (Wildman–Crippen LogP) is 9.52. The zero-order chi connectivity index (χ0) is 47.2. The molecule has 6 aromatic rings. The monoisotopic (exact) mass is 1080 g/mol. The number of benzene rings is 6. The topological polar surface area (TPSA) is 0 Å². The van der Waals surface area contributed by atoms with Crippen LogP contribution in [0.2, 0.25) is 4.94 Å². The summed E-state index contributed by atoms with van der Waals surface area (Å²) >= 11 is 2.71. The predicted molar refractivity (Wildman–Crippen MR) is 285 cm³/mol. The normalized spacial score (nSPS) is 10.2. The van der Waals surface area contributed by atoms with Crippen LogP contribution >= 0.6 is 0 Å². The van der Waals surface area contributed by atoms with E-state index in [0.717, 1.165) is 51.1 Å². The summed E-state index contributed by atoms with van der Waals surface area (Å²) in [5.74, 6) is 0. The van der Waals surface area contributed by atoms with Crippen molar-refractivity contribution < 1.29 is 0 Å². The molecule has 6 aromatic carbocycles. The van der Waals surface area contributed by atoms with Crippen molar-refractivity contribution >= 4 is 105 Å². The molecule has 0 aliphatic rings. The second-order valence-corrected chi connectivity index (χ2v) is 21.7. The van der Waals surface area contributed by atoms with Gasteiger partial charge in [-0.1, -0.05) is 204 Å². The molecule has 5 heteroatoms. The van der Waals surface area contributed by atoms with Crippen LogP contribution in [-0.2, 0) is 0 Å². The third-order valence-electron chi connectivity index (χ3n) is 10.8. The van der Waals surface area contributed by atoms with Crippen LogP contribution in [0, 0.1) is 135 Å². The SMILES string of the molecule is C#[C][Sn].Cc1cc(C)c([Si]c2c(C)cc(C)cc2C)c(C)c1.Cc1cc(C)c([Si]c2c(C)cc(C)cc2C)c(C)c1.Cc1cc(C)c([Si]c2c(C)cc(C)cc2C)c(C)c1.[CH3][Sn]. The van der Waals surface area contributed by atoms with Crippen LogP contribution in [0.5, 0.6) is 0 Å². The van der Waals surface area contributed by atoms with Gasteiger partial charge in [0.1, 0.15) is 28.6 Å². The number of terminal acetylenes is 1. The summed E-state index contributed by atoms with van der Waals surface area (Å²) in [7, 11) is 2.29. The van der Waals surface area contributed by atoms with E-state index >= 15 is 0 Å². The molecule has 0 nitrogen and oxygen atoms in total. The summed E-state index contributed by atoms with van der Waals surface area (Å²) in [4.78, 5) is 2.09. The van der Waals surface area contributed by atoms with Gasteiger partial charge in [0.15, 0.2) is 0 Å². The Bertz CT molecular complexity index is 1940. The van der Waals surface area contributed by atoms with Gasteiger partial charge in [0.25, 0.3) is 0 Å². The number of rotatable bonds is 6. The maximum atomic E-state index is 4.64. The molecular weight excluding hydrogens is 1010 g/mol. The molecule has 0 fully saturated rings. The van der Waals surface area contributed by atoms with E-state index in [4.69, 9.17) is 0 Å². The van der Waals surface area contributed by atoms with Crippen LogP contribution in [-0.4, -0.2) is 73.6 Å². The minimum absolute atomic E-state index is 0.765. The van der Waals surface area contributed by atoms with Crippen molar-refractivity contribution in [3.05, 3.63) is 173 Å². The van der Waals surface area contributed by atoms with Gasteiger partial charge < -0.3 is 0 Å². The van der Waals surface area contributed by atoms with E-state index in [0.29, 0.717) is 0 Å². The Morgan fingerprint density at radius 1 is 0.274 bits per heavy atom. The van der Waals surface area contributed by atoms with Crippen LogP contribution in [0.25, 0.3) is 0 Å². The van der Waals surface area contributed by atoms with Gasteiger partial charge in [-0.25, -0.2) is 0 Å². The van der Waals surface area contributed by atoms with Gasteiger partial charge in [-0.3, -0.25) is 0 Å². The first kappa shape index (κ1) is 55.3. The van der Waals surface area contributed by atoms with E-state index in [9.17, 15) is 0 Å². The van der Waals surface area contributed by atoms with E-state index in [2.05, 4.69) is 213 Å². The third kappa shape index (κ3) is 16.3. The average Bonchev–Trinajstić information content (AvgIpc) is 3.13. The fraction of sp³-hybridized carbons (Fsp3) is 0.333. The first-order valence-corrected chi connectivity index (χ1v) is 28.7. The van der Waals surface area contributed by atoms with Crippen LogP contribution in [0.15, 0.2) is 72.8 Å². The van der Waals surface area contributed by atoms with Gasteiger partial charge in [-0.2, -0.15) is 0 Å². The quantitative estimate of drug-likeness (QED) is 0.115.